The first-order chi connectivity index (χ1) is 14.0. The molecule has 2 aromatic rings. The van der Waals surface area contributed by atoms with E-state index in [-0.39, 0.29) is 18.4 Å². The van der Waals surface area contributed by atoms with Crippen molar-refractivity contribution in [2.45, 2.75) is 72.7 Å². The molecule has 164 valence electrons. The van der Waals surface area contributed by atoms with Gasteiger partial charge in [0.1, 0.15) is 23.6 Å². The van der Waals surface area contributed by atoms with Crippen molar-refractivity contribution < 1.29 is 23.8 Å². The van der Waals surface area contributed by atoms with E-state index in [4.69, 9.17) is 14.2 Å². The van der Waals surface area contributed by atoms with E-state index in [9.17, 15) is 9.59 Å². The highest BCUT2D eigenvalue weighted by atomic mass is 16.6. The number of hydrogen-bond acceptors (Lipinski definition) is 5. The summed E-state index contributed by atoms with van der Waals surface area (Å²) in [5.74, 6) is -0.551. The number of carbonyl (C=O) groups is 2. The molecule has 5 heteroatoms. The Morgan fingerprint density at radius 1 is 0.933 bits per heavy atom. The van der Waals surface area contributed by atoms with E-state index in [1.54, 1.807) is 27.7 Å². The predicted octanol–water partition coefficient (Wildman–Crippen LogP) is 5.54. The van der Waals surface area contributed by atoms with Crippen LogP contribution in [0.4, 0.5) is 0 Å². The summed E-state index contributed by atoms with van der Waals surface area (Å²) in [7, 11) is 0. The number of hydrogen-bond donors (Lipinski definition) is 0. The third-order valence-electron chi connectivity index (χ3n) is 4.73. The second-order valence-electron chi connectivity index (χ2n) is 9.14. The van der Waals surface area contributed by atoms with Crippen LogP contribution in [0.3, 0.4) is 0 Å². The van der Waals surface area contributed by atoms with Crippen LogP contribution in [-0.4, -0.2) is 29.7 Å². The smallest absolute Gasteiger partial charge is 0.309 e. The molecule has 0 bridgehead atoms. The van der Waals surface area contributed by atoms with Gasteiger partial charge in [-0.3, -0.25) is 9.59 Å². The first-order valence-corrected chi connectivity index (χ1v) is 10.5. The molecule has 0 radical (unpaired) electrons. The SMILES string of the molecule is CC(C)[C@@H](Oc1cccc2ccccc12)[C@H](C)OC(=O)[C@H](C)CC(=O)OC(C)(C)C. The lowest BCUT2D eigenvalue weighted by molar-refractivity contribution is -0.165. The van der Waals surface area contributed by atoms with E-state index in [1.807, 2.05) is 63.2 Å². The molecule has 0 aromatic heterocycles. The molecule has 0 saturated carbocycles. The lowest BCUT2D eigenvalue weighted by atomic mass is 10.0. The summed E-state index contributed by atoms with van der Waals surface area (Å²) in [5.41, 5.74) is -0.580. The molecule has 0 amide bonds. The molecule has 3 atom stereocenters. The summed E-state index contributed by atoms with van der Waals surface area (Å²) in [5, 5.41) is 2.11. The fourth-order valence-corrected chi connectivity index (χ4v) is 3.30. The summed E-state index contributed by atoms with van der Waals surface area (Å²) < 4.78 is 17.3. The average molecular weight is 415 g/mol. The van der Waals surface area contributed by atoms with Gasteiger partial charge in [-0.15, -0.1) is 0 Å². The van der Waals surface area contributed by atoms with E-state index < -0.39 is 29.6 Å². The molecule has 0 saturated heterocycles. The summed E-state index contributed by atoms with van der Waals surface area (Å²) in [4.78, 5) is 24.6. The highest BCUT2D eigenvalue weighted by Gasteiger charge is 2.30. The Kier molecular flexibility index (Phi) is 7.88. The van der Waals surface area contributed by atoms with Crippen LogP contribution in [-0.2, 0) is 19.1 Å². The van der Waals surface area contributed by atoms with Gasteiger partial charge in [-0.2, -0.15) is 0 Å². The van der Waals surface area contributed by atoms with Crippen LogP contribution < -0.4 is 4.74 Å². The lowest BCUT2D eigenvalue weighted by Crippen LogP contribution is -2.39. The van der Waals surface area contributed by atoms with E-state index in [0.29, 0.717) is 0 Å². The number of benzene rings is 2. The van der Waals surface area contributed by atoms with Gasteiger partial charge < -0.3 is 14.2 Å². The number of carbonyl (C=O) groups excluding carboxylic acids is 2. The Morgan fingerprint density at radius 3 is 2.20 bits per heavy atom. The molecule has 0 aliphatic heterocycles. The number of esters is 2. The van der Waals surface area contributed by atoms with E-state index in [1.165, 1.54) is 0 Å². The molecule has 0 unspecified atom stereocenters. The largest absolute Gasteiger partial charge is 0.486 e. The Balaban J connectivity index is 2.05. The monoisotopic (exact) mass is 414 g/mol. The fourth-order valence-electron chi connectivity index (χ4n) is 3.30. The topological polar surface area (TPSA) is 61.8 Å². The third-order valence-corrected chi connectivity index (χ3v) is 4.73. The summed E-state index contributed by atoms with van der Waals surface area (Å²) >= 11 is 0. The first-order valence-electron chi connectivity index (χ1n) is 10.5. The minimum Gasteiger partial charge on any atom is -0.486 e. The zero-order chi connectivity index (χ0) is 22.5. The predicted molar refractivity (Wildman–Crippen MR) is 118 cm³/mol. The Labute approximate surface area is 179 Å². The molecular weight excluding hydrogens is 380 g/mol. The molecular formula is C25H34O5. The molecule has 0 heterocycles. The van der Waals surface area contributed by atoms with E-state index >= 15 is 0 Å². The van der Waals surface area contributed by atoms with Gasteiger partial charge in [-0.25, -0.2) is 0 Å². The summed E-state index contributed by atoms with van der Waals surface area (Å²) in [6.45, 7) is 13.0. The van der Waals surface area contributed by atoms with Crippen molar-refractivity contribution in [1.29, 1.82) is 0 Å². The van der Waals surface area contributed by atoms with Crippen LogP contribution in [0.1, 0.15) is 54.9 Å². The van der Waals surface area contributed by atoms with Crippen LogP contribution in [0.5, 0.6) is 5.75 Å². The van der Waals surface area contributed by atoms with E-state index in [0.717, 1.165) is 16.5 Å². The minimum atomic E-state index is -0.590. The van der Waals surface area contributed by atoms with Crippen molar-refractivity contribution in [2.75, 3.05) is 0 Å². The van der Waals surface area contributed by atoms with Gasteiger partial charge in [-0.05, 0) is 45.1 Å². The van der Waals surface area contributed by atoms with Crippen molar-refractivity contribution in [3.63, 3.8) is 0 Å². The van der Waals surface area contributed by atoms with Crippen LogP contribution in [0.2, 0.25) is 0 Å². The fraction of sp³-hybridized carbons (Fsp3) is 0.520. The van der Waals surface area contributed by atoms with Gasteiger partial charge in [0.05, 0.1) is 12.3 Å². The second-order valence-corrected chi connectivity index (χ2v) is 9.14. The number of ether oxygens (including phenoxy) is 3. The molecule has 2 aromatic carbocycles. The van der Waals surface area contributed by atoms with Gasteiger partial charge in [0.15, 0.2) is 0 Å². The first kappa shape index (κ1) is 23.7. The van der Waals surface area contributed by atoms with Gasteiger partial charge in [0.2, 0.25) is 0 Å². The molecule has 5 nitrogen and oxygen atoms in total. The van der Waals surface area contributed by atoms with Crippen molar-refractivity contribution in [2.24, 2.45) is 11.8 Å². The molecule has 0 aliphatic rings. The van der Waals surface area contributed by atoms with Gasteiger partial charge >= 0.3 is 11.9 Å². The quantitative estimate of drug-likeness (QED) is 0.531. The van der Waals surface area contributed by atoms with Crippen molar-refractivity contribution in [3.8, 4) is 5.75 Å². The van der Waals surface area contributed by atoms with Crippen molar-refractivity contribution in [1.82, 2.24) is 0 Å². The molecule has 0 fully saturated rings. The number of fused-ring (bicyclic) bond motifs is 1. The van der Waals surface area contributed by atoms with Crippen LogP contribution in [0.15, 0.2) is 42.5 Å². The minimum absolute atomic E-state index is 0.0145. The maximum absolute atomic E-state index is 12.6. The van der Waals surface area contributed by atoms with Crippen molar-refractivity contribution in [3.05, 3.63) is 42.5 Å². The maximum atomic E-state index is 12.6. The molecule has 2 rings (SSSR count). The standard InChI is InChI=1S/C25H34O5/c1-16(2)23(29-21-14-10-12-19-11-8-9-13-20(19)21)18(4)28-24(27)17(3)15-22(26)30-25(5,6)7/h8-14,16-18,23H,15H2,1-7H3/t17-,18+,23-/m1/s1. The zero-order valence-electron chi connectivity index (χ0n) is 19.1. The van der Waals surface area contributed by atoms with Gasteiger partial charge in [0, 0.05) is 5.39 Å². The Morgan fingerprint density at radius 2 is 1.57 bits per heavy atom. The van der Waals surface area contributed by atoms with Crippen LogP contribution in [0.25, 0.3) is 10.8 Å². The van der Waals surface area contributed by atoms with Gasteiger partial charge in [0.25, 0.3) is 0 Å². The lowest BCUT2D eigenvalue weighted by Gasteiger charge is -2.29. The second kappa shape index (κ2) is 9.96. The normalized spacial score (nSPS) is 14.8. The molecule has 0 N–H and O–H groups in total. The highest BCUT2D eigenvalue weighted by molar-refractivity contribution is 5.88. The average Bonchev–Trinajstić information content (AvgIpc) is 2.64. The maximum Gasteiger partial charge on any atom is 0.309 e. The van der Waals surface area contributed by atoms with Crippen molar-refractivity contribution >= 4 is 22.7 Å². The highest BCUT2D eigenvalue weighted by Crippen LogP contribution is 2.28. The van der Waals surface area contributed by atoms with Crippen LogP contribution in [0, 0.1) is 11.8 Å². The van der Waals surface area contributed by atoms with Gasteiger partial charge in [-0.1, -0.05) is 57.2 Å². The molecule has 0 spiro atoms. The zero-order valence-corrected chi connectivity index (χ0v) is 19.1. The third kappa shape index (κ3) is 6.75. The number of rotatable bonds is 8. The van der Waals surface area contributed by atoms with E-state index in [2.05, 4.69) is 0 Å². The molecule has 30 heavy (non-hydrogen) atoms. The summed E-state index contributed by atoms with van der Waals surface area (Å²) in [6.07, 6.45) is -0.815. The molecule has 0 aliphatic carbocycles. The van der Waals surface area contributed by atoms with Crippen LogP contribution >= 0.6 is 0 Å². The Hall–Kier alpha value is -2.56. The Bertz CT molecular complexity index is 860. The summed E-state index contributed by atoms with van der Waals surface area (Å²) in [6, 6.07) is 13.9.